The summed E-state index contributed by atoms with van der Waals surface area (Å²) in [5.41, 5.74) is 3.70. The van der Waals surface area contributed by atoms with Crippen LogP contribution in [0, 0.1) is 6.92 Å². The van der Waals surface area contributed by atoms with Crippen molar-refractivity contribution in [1.82, 2.24) is 9.58 Å². The second-order valence-corrected chi connectivity index (χ2v) is 8.34. The van der Waals surface area contributed by atoms with Crippen molar-refractivity contribution in [3.8, 4) is 5.75 Å². The van der Waals surface area contributed by atoms with Gasteiger partial charge in [0.15, 0.2) is 0 Å². The lowest BCUT2D eigenvalue weighted by Crippen LogP contribution is -2.47. The van der Waals surface area contributed by atoms with Crippen LogP contribution in [0.15, 0.2) is 77.6 Å². The molecule has 1 unspecified atom stereocenters. The van der Waals surface area contributed by atoms with Gasteiger partial charge in [0.1, 0.15) is 11.9 Å². The Morgan fingerprint density at radius 2 is 1.67 bits per heavy atom. The number of benzene rings is 3. The fourth-order valence-electron chi connectivity index (χ4n) is 4.74. The molecule has 7 nitrogen and oxygen atoms in total. The summed E-state index contributed by atoms with van der Waals surface area (Å²) in [6.07, 6.45) is -0.411. The Bertz CT molecular complexity index is 1450. The van der Waals surface area contributed by atoms with E-state index in [2.05, 4.69) is 4.90 Å². The molecule has 0 aliphatic carbocycles. The number of hydrogen-bond donors (Lipinski definition) is 2. The van der Waals surface area contributed by atoms with Crippen molar-refractivity contribution in [2.75, 3.05) is 17.8 Å². The van der Waals surface area contributed by atoms with Crippen LogP contribution in [0.1, 0.15) is 33.2 Å². The number of para-hydroxylation sites is 1. The van der Waals surface area contributed by atoms with Crippen LogP contribution in [0.25, 0.3) is 10.9 Å². The van der Waals surface area contributed by atoms with E-state index in [1.165, 1.54) is 6.07 Å². The number of rotatable bonds is 3. The van der Waals surface area contributed by atoms with Crippen LogP contribution in [0.4, 0.5) is 5.69 Å². The predicted molar refractivity (Wildman–Crippen MR) is 129 cm³/mol. The summed E-state index contributed by atoms with van der Waals surface area (Å²) in [7, 11) is 1.77. The van der Waals surface area contributed by atoms with Crippen LogP contribution >= 0.6 is 0 Å². The second kappa shape index (κ2) is 7.70. The molecule has 0 saturated carbocycles. The number of nitrogens with two attached hydrogens (primary N) is 1. The van der Waals surface area contributed by atoms with E-state index in [1.54, 1.807) is 30.1 Å². The fourth-order valence-corrected chi connectivity index (χ4v) is 4.74. The zero-order chi connectivity index (χ0) is 23.3. The Kier molecular flexibility index (Phi) is 4.82. The smallest absolute Gasteiger partial charge is 0.269 e. The molecule has 166 valence electrons. The average Bonchev–Trinajstić information content (AvgIpc) is 2.82. The van der Waals surface area contributed by atoms with Crippen LogP contribution in [0.3, 0.4) is 0 Å². The molecule has 3 N–H and O–H groups in total. The summed E-state index contributed by atoms with van der Waals surface area (Å²) in [4.78, 5) is 29.4. The molecule has 1 atom stereocenters. The maximum absolute atomic E-state index is 13.2. The maximum atomic E-state index is 13.2. The topological polar surface area (TPSA) is 91.8 Å². The lowest BCUT2D eigenvalue weighted by molar-refractivity contribution is 0.0704. The van der Waals surface area contributed by atoms with Gasteiger partial charge >= 0.3 is 0 Å². The molecule has 1 amide bonds. The van der Waals surface area contributed by atoms with Crippen molar-refractivity contribution in [2.45, 2.75) is 19.6 Å². The van der Waals surface area contributed by atoms with E-state index in [1.807, 2.05) is 55.5 Å². The number of pyridine rings is 1. The minimum Gasteiger partial charge on any atom is -0.508 e. The van der Waals surface area contributed by atoms with E-state index in [4.69, 9.17) is 5.84 Å². The standard InChI is InChI=1S/C26H24N4O3/c1-16-14-23(32)30(27)24-18(16)12-13-22(31)20(24)15-29-21-11-7-6-10-19(21)26(33)28(2)25(29)17-8-4-3-5-9-17/h3-14,25,31H,15,27H2,1-2H3. The number of hydrogen-bond acceptors (Lipinski definition) is 5. The first-order valence-corrected chi connectivity index (χ1v) is 10.7. The molecule has 0 spiro atoms. The van der Waals surface area contributed by atoms with Gasteiger partial charge in [-0.2, -0.15) is 0 Å². The number of nitrogens with zero attached hydrogens (tertiary/aromatic N) is 3. The maximum Gasteiger partial charge on any atom is 0.269 e. The molecule has 0 saturated heterocycles. The molecule has 1 aromatic heterocycles. The molecule has 4 aromatic rings. The number of amides is 1. The molecule has 1 aliphatic heterocycles. The number of aromatic hydroxyl groups is 1. The predicted octanol–water partition coefficient (Wildman–Crippen LogP) is 3.52. The zero-order valence-corrected chi connectivity index (χ0v) is 18.4. The van der Waals surface area contributed by atoms with E-state index in [-0.39, 0.29) is 23.8 Å². The number of phenols is 1. The van der Waals surface area contributed by atoms with E-state index in [0.29, 0.717) is 16.6 Å². The van der Waals surface area contributed by atoms with Crippen LogP contribution in [-0.2, 0) is 6.54 Å². The molecule has 33 heavy (non-hydrogen) atoms. The molecule has 3 aromatic carbocycles. The highest BCUT2D eigenvalue weighted by Crippen LogP contribution is 2.40. The van der Waals surface area contributed by atoms with Gasteiger partial charge in [0.25, 0.3) is 11.5 Å². The molecular weight excluding hydrogens is 416 g/mol. The molecule has 0 radical (unpaired) electrons. The van der Waals surface area contributed by atoms with E-state index in [0.717, 1.165) is 26.9 Å². The number of anilines is 1. The first-order chi connectivity index (χ1) is 15.9. The molecular formula is C26H24N4O3. The van der Waals surface area contributed by atoms with Crippen LogP contribution in [0.5, 0.6) is 5.75 Å². The van der Waals surface area contributed by atoms with Gasteiger partial charge in [-0.1, -0.05) is 42.5 Å². The quantitative estimate of drug-likeness (QED) is 0.476. The third kappa shape index (κ3) is 3.20. The number of carbonyl (C=O) groups is 1. The van der Waals surface area contributed by atoms with E-state index in [9.17, 15) is 14.7 Å². The number of aromatic nitrogens is 1. The highest BCUT2D eigenvalue weighted by atomic mass is 16.3. The summed E-state index contributed by atoms with van der Waals surface area (Å²) in [5.74, 6) is 6.12. The Morgan fingerprint density at radius 3 is 2.42 bits per heavy atom. The molecule has 0 fully saturated rings. The van der Waals surface area contributed by atoms with Crippen molar-refractivity contribution >= 4 is 22.5 Å². The van der Waals surface area contributed by atoms with Crippen LogP contribution in [0.2, 0.25) is 0 Å². The minimum atomic E-state index is -0.411. The van der Waals surface area contributed by atoms with Crippen molar-refractivity contribution in [3.63, 3.8) is 0 Å². The minimum absolute atomic E-state index is 0.0375. The summed E-state index contributed by atoms with van der Waals surface area (Å²) in [6.45, 7) is 2.08. The highest BCUT2D eigenvalue weighted by Gasteiger charge is 2.37. The van der Waals surface area contributed by atoms with Crippen molar-refractivity contribution in [1.29, 1.82) is 0 Å². The number of nitrogen functional groups attached to an aromatic ring is 1. The first kappa shape index (κ1) is 20.6. The van der Waals surface area contributed by atoms with Crippen LogP contribution in [-0.4, -0.2) is 27.6 Å². The molecule has 7 heteroatoms. The van der Waals surface area contributed by atoms with Gasteiger partial charge in [0.2, 0.25) is 0 Å². The van der Waals surface area contributed by atoms with Gasteiger partial charge in [0.05, 0.1) is 23.3 Å². The van der Waals surface area contributed by atoms with E-state index < -0.39 is 6.17 Å². The van der Waals surface area contributed by atoms with Gasteiger partial charge in [-0.05, 0) is 42.3 Å². The summed E-state index contributed by atoms with van der Waals surface area (Å²) in [5, 5.41) is 11.7. The number of phenolic OH excluding ortho intramolecular Hbond substituents is 1. The Hall–Kier alpha value is -4.26. The Balaban J connectivity index is 1.76. The summed E-state index contributed by atoms with van der Waals surface area (Å²) in [6, 6.07) is 22.0. The van der Waals surface area contributed by atoms with Crippen molar-refractivity contribution in [3.05, 3.63) is 105 Å². The third-order valence-electron chi connectivity index (χ3n) is 6.35. The first-order valence-electron chi connectivity index (χ1n) is 10.7. The molecule has 1 aliphatic rings. The lowest BCUT2D eigenvalue weighted by atomic mass is 9.99. The van der Waals surface area contributed by atoms with Gasteiger partial charge in [0, 0.05) is 24.1 Å². The molecule has 2 heterocycles. The highest BCUT2D eigenvalue weighted by molar-refractivity contribution is 6.02. The normalized spacial score (nSPS) is 15.7. The van der Waals surface area contributed by atoms with Crippen LogP contribution < -0.4 is 16.3 Å². The Morgan fingerprint density at radius 1 is 0.970 bits per heavy atom. The van der Waals surface area contributed by atoms with Gasteiger partial charge in [-0.25, -0.2) is 4.68 Å². The van der Waals surface area contributed by atoms with Crippen molar-refractivity contribution < 1.29 is 9.90 Å². The SMILES string of the molecule is Cc1cc(=O)n(N)c2c(CN3c4ccccc4C(=O)N(C)C3c3ccccc3)c(O)ccc12. The number of fused-ring (bicyclic) bond motifs is 2. The van der Waals surface area contributed by atoms with Gasteiger partial charge < -0.3 is 20.7 Å². The molecule has 5 rings (SSSR count). The monoisotopic (exact) mass is 440 g/mol. The van der Waals surface area contributed by atoms with Gasteiger partial charge in [-0.15, -0.1) is 0 Å². The van der Waals surface area contributed by atoms with Crippen molar-refractivity contribution in [2.24, 2.45) is 0 Å². The molecule has 0 bridgehead atoms. The largest absolute Gasteiger partial charge is 0.508 e. The van der Waals surface area contributed by atoms with Gasteiger partial charge in [-0.3, -0.25) is 9.59 Å². The fraction of sp³-hybridized carbons (Fsp3) is 0.154. The summed E-state index contributed by atoms with van der Waals surface area (Å²) >= 11 is 0. The summed E-state index contributed by atoms with van der Waals surface area (Å²) < 4.78 is 1.08. The average molecular weight is 441 g/mol. The number of aryl methyl sites for hydroxylation is 1. The third-order valence-corrected chi connectivity index (χ3v) is 6.35. The Labute approximate surface area is 190 Å². The van der Waals surface area contributed by atoms with E-state index >= 15 is 0 Å². The zero-order valence-electron chi connectivity index (χ0n) is 18.4. The number of carbonyl (C=O) groups excluding carboxylic acids is 1. The lowest BCUT2D eigenvalue weighted by Gasteiger charge is -2.44. The second-order valence-electron chi connectivity index (χ2n) is 8.34.